The Morgan fingerprint density at radius 1 is 1.41 bits per heavy atom. The molecule has 0 aliphatic heterocycles. The van der Waals surface area contributed by atoms with Gasteiger partial charge in [0, 0.05) is 6.42 Å². The second kappa shape index (κ2) is 5.18. The number of Topliss-reactive ketones (excluding diaryl/α,β-unsaturated/α-hetero) is 1. The van der Waals surface area contributed by atoms with E-state index < -0.39 is 28.0 Å². The Labute approximate surface area is 96.6 Å². The van der Waals surface area contributed by atoms with Crippen LogP contribution in [0.3, 0.4) is 0 Å². The summed E-state index contributed by atoms with van der Waals surface area (Å²) in [4.78, 5) is 11.2. The Bertz CT molecular complexity index is 422. The molecule has 1 rings (SSSR count). The largest absolute Gasteiger partial charge is 0.523 e. The molecule has 0 aromatic heterocycles. The molecule has 0 amide bonds. The zero-order valence-electron chi connectivity index (χ0n) is 8.79. The molecule has 0 radical (unpaired) electrons. The second-order valence-corrected chi connectivity index (χ2v) is 5.24. The van der Waals surface area contributed by atoms with Crippen molar-refractivity contribution in [3.8, 4) is 0 Å². The number of halogens is 3. The van der Waals surface area contributed by atoms with Crippen LogP contribution in [-0.2, 0) is 19.1 Å². The van der Waals surface area contributed by atoms with Gasteiger partial charge in [-0.3, -0.25) is 8.98 Å². The predicted octanol–water partition coefficient (Wildman–Crippen LogP) is 1.92. The van der Waals surface area contributed by atoms with Gasteiger partial charge in [0.25, 0.3) is 0 Å². The van der Waals surface area contributed by atoms with E-state index >= 15 is 0 Å². The van der Waals surface area contributed by atoms with Crippen molar-refractivity contribution in [1.29, 1.82) is 0 Å². The van der Waals surface area contributed by atoms with E-state index in [0.29, 0.717) is 0 Å². The summed E-state index contributed by atoms with van der Waals surface area (Å²) in [6, 6.07) is 0. The topological polar surface area (TPSA) is 60.4 Å². The van der Waals surface area contributed by atoms with Crippen LogP contribution in [0, 0.1) is 0 Å². The Morgan fingerprint density at radius 3 is 2.53 bits per heavy atom. The average molecular weight is 272 g/mol. The molecular formula is C9H11F3O4S. The summed E-state index contributed by atoms with van der Waals surface area (Å²) < 4.78 is 60.2. The molecule has 0 atom stereocenters. The molecule has 0 saturated carbocycles. The number of carbonyl (C=O) groups excluding carboxylic acids is 1. The predicted molar refractivity (Wildman–Crippen MR) is 52.5 cm³/mol. The minimum Gasteiger partial charge on any atom is -0.297 e. The smallest absolute Gasteiger partial charge is 0.297 e. The van der Waals surface area contributed by atoms with Crippen LogP contribution in [0.4, 0.5) is 13.2 Å². The van der Waals surface area contributed by atoms with Crippen LogP contribution in [0.1, 0.15) is 25.7 Å². The van der Waals surface area contributed by atoms with Gasteiger partial charge < -0.3 is 0 Å². The number of hydrogen-bond acceptors (Lipinski definition) is 4. The molecule has 0 spiro atoms. The van der Waals surface area contributed by atoms with E-state index in [1.165, 1.54) is 0 Å². The highest BCUT2D eigenvalue weighted by Crippen LogP contribution is 2.25. The third-order valence-corrected chi connectivity index (χ3v) is 3.21. The quantitative estimate of drug-likeness (QED) is 0.436. The third kappa shape index (κ3) is 4.12. The Hall–Kier alpha value is -0.890. The van der Waals surface area contributed by atoms with Gasteiger partial charge in [0.05, 0.1) is 0 Å². The number of rotatable bonds is 5. The van der Waals surface area contributed by atoms with Gasteiger partial charge in [0.1, 0.15) is 6.61 Å². The van der Waals surface area contributed by atoms with Crippen LogP contribution in [0.25, 0.3) is 0 Å². The number of ketones is 1. The number of alkyl halides is 3. The van der Waals surface area contributed by atoms with Crippen molar-refractivity contribution in [2.24, 2.45) is 0 Å². The highest BCUT2D eigenvalue weighted by atomic mass is 32.2. The van der Waals surface area contributed by atoms with Crippen molar-refractivity contribution < 1.29 is 30.6 Å². The summed E-state index contributed by atoms with van der Waals surface area (Å²) in [6.45, 7) is -1.07. The first-order chi connectivity index (χ1) is 7.72. The third-order valence-electron chi connectivity index (χ3n) is 2.22. The fraction of sp³-hybridized carbons (Fsp3) is 0.667. The molecule has 1 aliphatic carbocycles. The minimum absolute atomic E-state index is 0.0482. The van der Waals surface area contributed by atoms with Gasteiger partial charge in [-0.05, 0) is 19.3 Å². The lowest BCUT2D eigenvalue weighted by molar-refractivity contribution is -0.120. The van der Waals surface area contributed by atoms with Crippen molar-refractivity contribution in [2.45, 2.75) is 31.2 Å². The molecule has 4 nitrogen and oxygen atoms in total. The van der Waals surface area contributed by atoms with Gasteiger partial charge in [0.2, 0.25) is 0 Å². The molecule has 0 bridgehead atoms. The van der Waals surface area contributed by atoms with Gasteiger partial charge in [-0.25, -0.2) is 0 Å². The van der Waals surface area contributed by atoms with Gasteiger partial charge >= 0.3 is 15.6 Å². The molecule has 0 aromatic carbocycles. The van der Waals surface area contributed by atoms with Crippen molar-refractivity contribution >= 4 is 15.9 Å². The maximum atomic E-state index is 11.9. The van der Waals surface area contributed by atoms with E-state index in [0.717, 1.165) is 24.8 Å². The molecule has 17 heavy (non-hydrogen) atoms. The van der Waals surface area contributed by atoms with E-state index in [2.05, 4.69) is 4.18 Å². The second-order valence-electron chi connectivity index (χ2n) is 3.63. The van der Waals surface area contributed by atoms with Crippen LogP contribution in [0.2, 0.25) is 0 Å². The fourth-order valence-corrected chi connectivity index (χ4v) is 1.83. The van der Waals surface area contributed by atoms with Crippen LogP contribution in [0.15, 0.2) is 11.6 Å². The van der Waals surface area contributed by atoms with Gasteiger partial charge in [-0.1, -0.05) is 11.6 Å². The summed E-state index contributed by atoms with van der Waals surface area (Å²) in [5, 5.41) is 0. The van der Waals surface area contributed by atoms with Crippen molar-refractivity contribution in [2.75, 3.05) is 6.61 Å². The zero-order valence-corrected chi connectivity index (χ0v) is 9.60. The average Bonchev–Trinajstić information content (AvgIpc) is 2.66. The molecule has 0 unspecified atom stereocenters. The molecule has 0 N–H and O–H groups in total. The maximum Gasteiger partial charge on any atom is 0.523 e. The molecule has 98 valence electrons. The normalized spacial score (nSPS) is 17.0. The van der Waals surface area contributed by atoms with Gasteiger partial charge in [-0.2, -0.15) is 21.6 Å². The number of carbonyl (C=O) groups is 1. The van der Waals surface area contributed by atoms with E-state index in [-0.39, 0.29) is 6.42 Å². The monoisotopic (exact) mass is 272 g/mol. The Morgan fingerprint density at radius 2 is 2.06 bits per heavy atom. The molecule has 0 saturated heterocycles. The lowest BCUT2D eigenvalue weighted by Gasteiger charge is -2.07. The van der Waals surface area contributed by atoms with Crippen molar-refractivity contribution in [1.82, 2.24) is 0 Å². The lowest BCUT2D eigenvalue weighted by atomic mass is 10.1. The first-order valence-electron chi connectivity index (χ1n) is 4.88. The molecular weight excluding hydrogens is 261 g/mol. The fourth-order valence-electron chi connectivity index (χ4n) is 1.41. The summed E-state index contributed by atoms with van der Waals surface area (Å²) in [5.74, 6) is -0.675. The van der Waals surface area contributed by atoms with Crippen LogP contribution in [0.5, 0.6) is 0 Å². The summed E-state index contributed by atoms with van der Waals surface area (Å²) >= 11 is 0. The van der Waals surface area contributed by atoms with Crippen molar-refractivity contribution in [3.63, 3.8) is 0 Å². The van der Waals surface area contributed by atoms with Crippen molar-refractivity contribution in [3.05, 3.63) is 11.6 Å². The van der Waals surface area contributed by atoms with E-state index in [9.17, 15) is 26.4 Å². The SMILES string of the molecule is O=C(COS(=O)(=O)C(F)(F)F)CC1=CCCC1. The highest BCUT2D eigenvalue weighted by molar-refractivity contribution is 7.87. The zero-order chi connectivity index (χ0) is 13.1. The maximum absolute atomic E-state index is 11.9. The summed E-state index contributed by atoms with van der Waals surface area (Å²) in [6.07, 6.45) is 4.25. The highest BCUT2D eigenvalue weighted by Gasteiger charge is 2.47. The minimum atomic E-state index is -5.67. The summed E-state index contributed by atoms with van der Waals surface area (Å²) in [7, 11) is -5.67. The lowest BCUT2D eigenvalue weighted by Crippen LogP contribution is -2.27. The van der Waals surface area contributed by atoms with Crippen LogP contribution >= 0.6 is 0 Å². The Kier molecular flexibility index (Phi) is 4.31. The summed E-state index contributed by atoms with van der Waals surface area (Å²) in [5.41, 5.74) is -4.66. The first-order valence-corrected chi connectivity index (χ1v) is 6.28. The number of allylic oxidation sites excluding steroid dienone is 2. The molecule has 0 heterocycles. The standard InChI is InChI=1S/C9H11F3O4S/c10-9(11,12)17(14,15)16-6-8(13)5-7-3-1-2-4-7/h3H,1-2,4-6H2. The van der Waals surface area contributed by atoms with E-state index in [1.54, 1.807) is 0 Å². The van der Waals surface area contributed by atoms with E-state index in [4.69, 9.17) is 0 Å². The van der Waals surface area contributed by atoms with Gasteiger partial charge in [-0.15, -0.1) is 0 Å². The van der Waals surface area contributed by atoms with E-state index in [1.807, 2.05) is 6.08 Å². The molecule has 0 aromatic rings. The first kappa shape index (κ1) is 14.2. The Balaban J connectivity index is 2.43. The molecule has 8 heteroatoms. The molecule has 1 aliphatic rings. The van der Waals surface area contributed by atoms with Crippen LogP contribution in [-0.4, -0.2) is 26.3 Å². The van der Waals surface area contributed by atoms with Gasteiger partial charge in [0.15, 0.2) is 5.78 Å². The van der Waals surface area contributed by atoms with Crippen LogP contribution < -0.4 is 0 Å². The molecule has 0 fully saturated rings. The number of hydrogen-bond donors (Lipinski definition) is 0.